The molecule has 0 atom stereocenters. The summed E-state index contributed by atoms with van der Waals surface area (Å²) in [5.41, 5.74) is 1.66. The largest absolute Gasteiger partial charge is 0.417 e. The molecule has 15 heteroatoms. The molecular weight excluding hydrogens is 491 g/mol. The first-order chi connectivity index (χ1) is 16.4. The van der Waals surface area contributed by atoms with Crippen molar-refractivity contribution >= 4 is 32.6 Å². The SMILES string of the molecule is CCONC(=O)c1cnc2c(-c3nc4cc(C(F)(F)F)cnc4n3C)c(S(=O)(=O)CC)nn2c1C. The van der Waals surface area contributed by atoms with Gasteiger partial charge in [0.05, 0.1) is 29.2 Å². The number of fused-ring (bicyclic) bond motifs is 2. The summed E-state index contributed by atoms with van der Waals surface area (Å²) in [6.45, 7) is 4.87. The van der Waals surface area contributed by atoms with E-state index in [9.17, 15) is 26.4 Å². The molecule has 4 heterocycles. The molecule has 0 saturated carbocycles. The highest BCUT2D eigenvalue weighted by Gasteiger charge is 2.33. The zero-order valence-corrected chi connectivity index (χ0v) is 19.8. The number of rotatable bonds is 6. The van der Waals surface area contributed by atoms with Crippen molar-refractivity contribution in [2.24, 2.45) is 7.05 Å². The second-order valence-electron chi connectivity index (χ2n) is 7.50. The summed E-state index contributed by atoms with van der Waals surface area (Å²) in [6.07, 6.45) is -2.72. The summed E-state index contributed by atoms with van der Waals surface area (Å²) in [5, 5.41) is 3.85. The number of carbonyl (C=O) groups is 1. The molecule has 0 fully saturated rings. The molecule has 1 N–H and O–H groups in total. The second kappa shape index (κ2) is 8.57. The Bertz CT molecular complexity index is 1580. The molecule has 186 valence electrons. The zero-order valence-electron chi connectivity index (χ0n) is 19.0. The van der Waals surface area contributed by atoms with Crippen LogP contribution in [0.25, 0.3) is 28.2 Å². The van der Waals surface area contributed by atoms with Crippen molar-refractivity contribution in [3.05, 3.63) is 35.3 Å². The van der Waals surface area contributed by atoms with E-state index < -0.39 is 27.5 Å². The number of aromatic nitrogens is 6. The molecule has 0 aromatic carbocycles. The molecule has 4 rings (SSSR count). The fourth-order valence-corrected chi connectivity index (χ4v) is 4.47. The molecule has 0 unspecified atom stereocenters. The summed E-state index contributed by atoms with van der Waals surface area (Å²) in [5.74, 6) is -0.907. The van der Waals surface area contributed by atoms with Crippen LogP contribution < -0.4 is 5.48 Å². The average Bonchev–Trinajstić information content (AvgIpc) is 3.35. The zero-order chi connectivity index (χ0) is 25.7. The molecule has 11 nitrogen and oxygen atoms in total. The van der Waals surface area contributed by atoms with E-state index in [0.717, 1.165) is 6.07 Å². The summed E-state index contributed by atoms with van der Waals surface area (Å²) in [4.78, 5) is 29.7. The lowest BCUT2D eigenvalue weighted by Gasteiger charge is -2.08. The lowest BCUT2D eigenvalue weighted by Crippen LogP contribution is -2.25. The number of aryl methyl sites for hydroxylation is 2. The van der Waals surface area contributed by atoms with Crippen LogP contribution in [0.4, 0.5) is 13.2 Å². The molecule has 0 aliphatic rings. The van der Waals surface area contributed by atoms with Gasteiger partial charge >= 0.3 is 6.18 Å². The monoisotopic (exact) mass is 511 g/mol. The predicted molar refractivity (Wildman–Crippen MR) is 117 cm³/mol. The summed E-state index contributed by atoms with van der Waals surface area (Å²) in [6, 6.07) is 0.834. The molecule has 0 aliphatic carbocycles. The number of carbonyl (C=O) groups excluding carboxylic acids is 1. The first kappa shape index (κ1) is 24.5. The minimum Gasteiger partial charge on any atom is -0.312 e. The van der Waals surface area contributed by atoms with Gasteiger partial charge in [0.2, 0.25) is 0 Å². The number of amides is 1. The first-order valence-electron chi connectivity index (χ1n) is 10.3. The third kappa shape index (κ3) is 4.10. The molecule has 1 amide bonds. The van der Waals surface area contributed by atoms with E-state index in [1.807, 2.05) is 0 Å². The molecule has 4 aromatic heterocycles. The Kier molecular flexibility index (Phi) is 6.00. The number of hydroxylamine groups is 1. The van der Waals surface area contributed by atoms with Gasteiger partial charge in [-0.25, -0.2) is 33.4 Å². The third-order valence-electron chi connectivity index (χ3n) is 5.34. The number of hydrogen-bond acceptors (Lipinski definition) is 8. The average molecular weight is 511 g/mol. The molecule has 0 spiro atoms. The number of halogens is 3. The Morgan fingerprint density at radius 3 is 2.49 bits per heavy atom. The molecule has 0 saturated heterocycles. The standard InChI is InChI=1S/C20H20F3N7O4S/c1-5-34-28-18(31)12-9-25-16-14(19(35(32,33)6-2)27-30(16)10(12)3)17-26-13-7-11(20(21,22)23)8-24-15(13)29(17)4/h7-9H,5-6H2,1-4H3,(H,28,31). The second-order valence-corrected chi connectivity index (χ2v) is 9.69. The van der Waals surface area contributed by atoms with Crippen LogP contribution in [0.2, 0.25) is 0 Å². The minimum atomic E-state index is -4.63. The van der Waals surface area contributed by atoms with Gasteiger partial charge in [-0.1, -0.05) is 6.92 Å². The highest BCUT2D eigenvalue weighted by Crippen LogP contribution is 2.35. The summed E-state index contributed by atoms with van der Waals surface area (Å²) >= 11 is 0. The van der Waals surface area contributed by atoms with Crippen molar-refractivity contribution in [2.45, 2.75) is 32.0 Å². The van der Waals surface area contributed by atoms with Gasteiger partial charge in [-0.05, 0) is 19.9 Å². The van der Waals surface area contributed by atoms with E-state index in [1.54, 1.807) is 13.8 Å². The Morgan fingerprint density at radius 1 is 1.17 bits per heavy atom. The fraction of sp³-hybridized carbons (Fsp3) is 0.350. The van der Waals surface area contributed by atoms with E-state index in [1.165, 1.54) is 29.3 Å². The number of pyridine rings is 1. The van der Waals surface area contributed by atoms with Crippen LogP contribution in [0.5, 0.6) is 0 Å². The van der Waals surface area contributed by atoms with Crippen LogP contribution in [0, 0.1) is 6.92 Å². The van der Waals surface area contributed by atoms with Gasteiger partial charge in [-0.3, -0.25) is 9.63 Å². The normalized spacial score (nSPS) is 12.5. The highest BCUT2D eigenvalue weighted by atomic mass is 32.2. The molecule has 0 bridgehead atoms. The van der Waals surface area contributed by atoms with Gasteiger partial charge in [-0.15, -0.1) is 0 Å². The summed E-state index contributed by atoms with van der Waals surface area (Å²) in [7, 11) is -2.45. The van der Waals surface area contributed by atoms with Crippen molar-refractivity contribution in [3.63, 3.8) is 0 Å². The highest BCUT2D eigenvalue weighted by molar-refractivity contribution is 7.91. The fourth-order valence-electron chi connectivity index (χ4n) is 3.50. The number of nitrogens with zero attached hydrogens (tertiary/aromatic N) is 6. The lowest BCUT2D eigenvalue weighted by molar-refractivity contribution is -0.137. The van der Waals surface area contributed by atoms with E-state index >= 15 is 0 Å². The maximum absolute atomic E-state index is 13.2. The predicted octanol–water partition coefficient (Wildman–Crippen LogP) is 2.48. The van der Waals surface area contributed by atoms with Gasteiger partial charge in [0, 0.05) is 19.4 Å². The maximum atomic E-state index is 13.2. The first-order valence-corrected chi connectivity index (χ1v) is 12.0. The molecule has 4 aromatic rings. The van der Waals surface area contributed by atoms with Crippen LogP contribution in [-0.4, -0.2) is 55.8 Å². The summed E-state index contributed by atoms with van der Waals surface area (Å²) < 4.78 is 68.0. The van der Waals surface area contributed by atoms with Crippen LogP contribution in [0.3, 0.4) is 0 Å². The van der Waals surface area contributed by atoms with Crippen LogP contribution >= 0.6 is 0 Å². The van der Waals surface area contributed by atoms with Crippen molar-refractivity contribution in [1.29, 1.82) is 0 Å². The number of nitrogens with one attached hydrogen (secondary N) is 1. The van der Waals surface area contributed by atoms with Gasteiger partial charge in [-0.2, -0.15) is 18.3 Å². The van der Waals surface area contributed by atoms with Crippen molar-refractivity contribution in [2.75, 3.05) is 12.4 Å². The molecule has 35 heavy (non-hydrogen) atoms. The van der Waals surface area contributed by atoms with E-state index in [0.29, 0.717) is 6.20 Å². The number of hydrogen-bond donors (Lipinski definition) is 1. The lowest BCUT2D eigenvalue weighted by atomic mass is 10.2. The van der Waals surface area contributed by atoms with Crippen LogP contribution in [0.15, 0.2) is 23.5 Å². The quantitative estimate of drug-likeness (QED) is 0.391. The van der Waals surface area contributed by atoms with Gasteiger partial charge in [0.1, 0.15) is 16.9 Å². The van der Waals surface area contributed by atoms with E-state index in [-0.39, 0.29) is 56.8 Å². The number of imidazole rings is 1. The Hall–Kier alpha value is -3.59. The van der Waals surface area contributed by atoms with Crippen molar-refractivity contribution in [1.82, 2.24) is 34.6 Å². The van der Waals surface area contributed by atoms with Crippen molar-refractivity contribution in [3.8, 4) is 11.4 Å². The Labute approximate surface area is 196 Å². The van der Waals surface area contributed by atoms with Gasteiger partial charge in [0.15, 0.2) is 26.2 Å². The smallest absolute Gasteiger partial charge is 0.312 e. The van der Waals surface area contributed by atoms with Crippen LogP contribution in [-0.2, 0) is 27.9 Å². The molecule has 0 radical (unpaired) electrons. The molecular formula is C20H20F3N7O4S. The van der Waals surface area contributed by atoms with Gasteiger partial charge < -0.3 is 4.57 Å². The Morgan fingerprint density at radius 2 is 1.86 bits per heavy atom. The van der Waals surface area contributed by atoms with E-state index in [4.69, 9.17) is 4.84 Å². The minimum absolute atomic E-state index is 0.00673. The molecule has 0 aliphatic heterocycles. The van der Waals surface area contributed by atoms with E-state index in [2.05, 4.69) is 25.5 Å². The van der Waals surface area contributed by atoms with Gasteiger partial charge in [0.25, 0.3) is 5.91 Å². The van der Waals surface area contributed by atoms with Crippen LogP contribution in [0.1, 0.15) is 35.5 Å². The topological polar surface area (TPSA) is 133 Å². The number of alkyl halides is 3. The van der Waals surface area contributed by atoms with Crippen molar-refractivity contribution < 1.29 is 31.2 Å². The maximum Gasteiger partial charge on any atom is 0.417 e. The Balaban J connectivity index is 2.02. The third-order valence-corrected chi connectivity index (χ3v) is 6.98. The number of sulfone groups is 1.